The maximum absolute atomic E-state index is 11.4. The van der Waals surface area contributed by atoms with Crippen molar-refractivity contribution >= 4 is 11.7 Å². The van der Waals surface area contributed by atoms with E-state index in [2.05, 4.69) is 9.97 Å². The van der Waals surface area contributed by atoms with Crippen molar-refractivity contribution in [2.24, 2.45) is 0 Å². The molecule has 7 heteroatoms. The highest BCUT2D eigenvalue weighted by Gasteiger charge is 2.22. The topological polar surface area (TPSA) is 86.0 Å². The molecule has 0 radical (unpaired) electrons. The van der Waals surface area contributed by atoms with Crippen molar-refractivity contribution in [1.82, 2.24) is 14.4 Å². The molecule has 0 aromatic carbocycles. The van der Waals surface area contributed by atoms with Crippen LogP contribution in [0.25, 0.3) is 5.78 Å². The van der Waals surface area contributed by atoms with Crippen LogP contribution in [-0.2, 0) is 4.74 Å². The van der Waals surface area contributed by atoms with Gasteiger partial charge < -0.3 is 14.6 Å². The summed E-state index contributed by atoms with van der Waals surface area (Å²) in [5.41, 5.74) is 0.806. The van der Waals surface area contributed by atoms with Crippen molar-refractivity contribution in [3.63, 3.8) is 0 Å². The van der Waals surface area contributed by atoms with E-state index >= 15 is 0 Å². The number of rotatable bonds is 4. The molecule has 1 unspecified atom stereocenters. The molecule has 1 saturated heterocycles. The smallest absolute Gasteiger partial charge is 0.342 e. The molecule has 1 fully saturated rings. The van der Waals surface area contributed by atoms with Gasteiger partial charge >= 0.3 is 5.97 Å². The molecule has 1 aliphatic heterocycles. The molecule has 0 saturated carbocycles. The lowest BCUT2D eigenvalue weighted by molar-refractivity contribution is 0.0126. The average molecular weight is 305 g/mol. The Morgan fingerprint density at radius 3 is 2.86 bits per heavy atom. The van der Waals surface area contributed by atoms with Gasteiger partial charge in [-0.2, -0.15) is 4.98 Å². The van der Waals surface area contributed by atoms with Crippen molar-refractivity contribution in [3.8, 4) is 5.88 Å². The summed E-state index contributed by atoms with van der Waals surface area (Å²) in [6.45, 7) is 4.38. The van der Waals surface area contributed by atoms with E-state index in [9.17, 15) is 9.90 Å². The molecule has 118 valence electrons. The highest BCUT2D eigenvalue weighted by atomic mass is 16.5. The lowest BCUT2D eigenvalue weighted by Crippen LogP contribution is -2.12. The van der Waals surface area contributed by atoms with E-state index in [1.807, 2.05) is 13.8 Å². The predicted octanol–water partition coefficient (Wildman–Crippen LogP) is 2.46. The molecule has 1 aliphatic rings. The molecule has 3 heterocycles. The highest BCUT2D eigenvalue weighted by molar-refractivity contribution is 5.90. The minimum atomic E-state index is -1.07. The van der Waals surface area contributed by atoms with Gasteiger partial charge in [0.15, 0.2) is 0 Å². The quantitative estimate of drug-likeness (QED) is 0.933. The number of carboxylic acid groups (broad SMARTS) is 1. The number of nitrogens with zero attached hydrogens (tertiary/aromatic N) is 3. The summed E-state index contributed by atoms with van der Waals surface area (Å²) in [4.78, 5) is 20.1. The van der Waals surface area contributed by atoms with Crippen LogP contribution in [0.3, 0.4) is 0 Å². The Morgan fingerprint density at radius 2 is 2.23 bits per heavy atom. The fourth-order valence-electron chi connectivity index (χ4n) is 2.51. The van der Waals surface area contributed by atoms with E-state index in [0.717, 1.165) is 31.6 Å². The third kappa shape index (κ3) is 2.89. The normalized spacial score (nSPS) is 18.8. The number of aromatic nitrogens is 3. The number of fused-ring (bicyclic) bond motifs is 1. The van der Waals surface area contributed by atoms with Crippen LogP contribution in [0.4, 0.5) is 0 Å². The summed E-state index contributed by atoms with van der Waals surface area (Å²) >= 11 is 0. The molecule has 0 bridgehead atoms. The standard InChI is InChI=1S/C15H19N3O4/c1-9(2)22-13-10(14(19)20)7-18-8-11(16-15(18)17-13)12-5-3-4-6-21-12/h7-9,12H,3-6H2,1-2H3,(H,19,20). The monoisotopic (exact) mass is 305 g/mol. The van der Waals surface area contributed by atoms with Crippen molar-refractivity contribution in [2.75, 3.05) is 6.61 Å². The number of hydrogen-bond donors (Lipinski definition) is 1. The molecular weight excluding hydrogens is 286 g/mol. The van der Waals surface area contributed by atoms with E-state index in [1.165, 1.54) is 6.20 Å². The summed E-state index contributed by atoms with van der Waals surface area (Å²) in [6.07, 6.45) is 6.16. The van der Waals surface area contributed by atoms with Gasteiger partial charge in [-0.15, -0.1) is 0 Å². The molecule has 22 heavy (non-hydrogen) atoms. The largest absolute Gasteiger partial charge is 0.477 e. The zero-order valence-corrected chi connectivity index (χ0v) is 12.7. The van der Waals surface area contributed by atoms with Crippen molar-refractivity contribution in [2.45, 2.75) is 45.3 Å². The number of hydrogen-bond acceptors (Lipinski definition) is 5. The molecule has 7 nitrogen and oxygen atoms in total. The lowest BCUT2D eigenvalue weighted by atomic mass is 10.1. The molecule has 1 atom stereocenters. The van der Waals surface area contributed by atoms with Gasteiger partial charge in [0.25, 0.3) is 0 Å². The number of aromatic carboxylic acids is 1. The van der Waals surface area contributed by atoms with Crippen molar-refractivity contribution in [3.05, 3.63) is 23.7 Å². The second-order valence-electron chi connectivity index (χ2n) is 5.66. The first-order valence-corrected chi connectivity index (χ1v) is 7.46. The third-order valence-electron chi connectivity index (χ3n) is 3.52. The first kappa shape index (κ1) is 14.8. The van der Waals surface area contributed by atoms with Gasteiger partial charge in [0.2, 0.25) is 11.7 Å². The lowest BCUT2D eigenvalue weighted by Gasteiger charge is -2.20. The van der Waals surface area contributed by atoms with Crippen molar-refractivity contribution in [1.29, 1.82) is 0 Å². The van der Waals surface area contributed by atoms with Crippen LogP contribution in [0.5, 0.6) is 5.88 Å². The summed E-state index contributed by atoms with van der Waals surface area (Å²) in [5.74, 6) is -0.559. The minimum Gasteiger partial charge on any atom is -0.477 e. The van der Waals surface area contributed by atoms with Gasteiger partial charge in [-0.25, -0.2) is 9.78 Å². The fraction of sp³-hybridized carbons (Fsp3) is 0.533. The summed E-state index contributed by atoms with van der Waals surface area (Å²) in [5, 5.41) is 9.32. The number of carbonyl (C=O) groups is 1. The van der Waals surface area contributed by atoms with Gasteiger partial charge in [0, 0.05) is 19.0 Å². The summed E-state index contributed by atoms with van der Waals surface area (Å²) in [7, 11) is 0. The number of imidazole rings is 1. The Hall–Kier alpha value is -2.15. The SMILES string of the molecule is CC(C)Oc1nc2nc(C3CCCCO3)cn2cc1C(=O)O. The summed E-state index contributed by atoms with van der Waals surface area (Å²) < 4.78 is 12.8. The maximum atomic E-state index is 11.4. The second-order valence-corrected chi connectivity index (χ2v) is 5.66. The predicted molar refractivity (Wildman–Crippen MR) is 78.3 cm³/mol. The minimum absolute atomic E-state index is 0.0229. The number of carboxylic acids is 1. The molecule has 2 aromatic heterocycles. The summed E-state index contributed by atoms with van der Waals surface area (Å²) in [6, 6.07) is 0. The van der Waals surface area contributed by atoms with Gasteiger partial charge in [-0.1, -0.05) is 0 Å². The van der Waals surface area contributed by atoms with Crippen molar-refractivity contribution < 1.29 is 19.4 Å². The van der Waals surface area contributed by atoms with Gasteiger partial charge in [-0.05, 0) is 33.1 Å². The zero-order valence-electron chi connectivity index (χ0n) is 12.7. The zero-order chi connectivity index (χ0) is 15.7. The fourth-order valence-corrected chi connectivity index (χ4v) is 2.51. The second kappa shape index (κ2) is 5.92. The Morgan fingerprint density at radius 1 is 1.41 bits per heavy atom. The average Bonchev–Trinajstić information content (AvgIpc) is 2.89. The first-order valence-electron chi connectivity index (χ1n) is 7.46. The third-order valence-corrected chi connectivity index (χ3v) is 3.52. The maximum Gasteiger partial charge on any atom is 0.342 e. The van der Waals surface area contributed by atoms with Crippen LogP contribution >= 0.6 is 0 Å². The Labute approximate surface area is 127 Å². The van der Waals surface area contributed by atoms with Crippen LogP contribution in [0, 0.1) is 0 Å². The Bertz CT molecular complexity index is 689. The molecule has 0 aliphatic carbocycles. The van der Waals surface area contributed by atoms with E-state index in [4.69, 9.17) is 9.47 Å². The van der Waals surface area contributed by atoms with E-state index in [-0.39, 0.29) is 23.7 Å². The van der Waals surface area contributed by atoms with E-state index in [1.54, 1.807) is 10.6 Å². The molecule has 0 amide bonds. The Balaban J connectivity index is 2.01. The van der Waals surface area contributed by atoms with Crippen LogP contribution in [0.15, 0.2) is 12.4 Å². The highest BCUT2D eigenvalue weighted by Crippen LogP contribution is 2.28. The molecule has 2 aromatic rings. The molecule has 3 rings (SSSR count). The molecule has 0 spiro atoms. The Kier molecular flexibility index (Phi) is 3.98. The van der Waals surface area contributed by atoms with Crippen LogP contribution in [0.1, 0.15) is 55.3 Å². The van der Waals surface area contributed by atoms with Gasteiger partial charge in [0.05, 0.1) is 11.8 Å². The van der Waals surface area contributed by atoms with Crippen LogP contribution in [-0.4, -0.2) is 38.2 Å². The van der Waals surface area contributed by atoms with Gasteiger partial charge in [-0.3, -0.25) is 4.40 Å². The molecular formula is C15H19N3O4. The van der Waals surface area contributed by atoms with Crippen LogP contribution < -0.4 is 4.74 Å². The molecule has 1 N–H and O–H groups in total. The van der Waals surface area contributed by atoms with Crippen LogP contribution in [0.2, 0.25) is 0 Å². The van der Waals surface area contributed by atoms with E-state index in [0.29, 0.717) is 5.78 Å². The van der Waals surface area contributed by atoms with Gasteiger partial charge in [0.1, 0.15) is 11.7 Å². The first-order chi connectivity index (χ1) is 10.5. The number of ether oxygens (including phenoxy) is 2. The van der Waals surface area contributed by atoms with E-state index < -0.39 is 5.97 Å².